The molecule has 0 amide bonds. The molecule has 20 heavy (non-hydrogen) atoms. The molecule has 2 aromatic carbocycles. The molecule has 1 unspecified atom stereocenters. The summed E-state index contributed by atoms with van der Waals surface area (Å²) < 4.78 is 0. The Balaban J connectivity index is 2.12. The molecule has 1 heterocycles. The summed E-state index contributed by atoms with van der Waals surface area (Å²) in [5.74, 6) is -0.165. The molecule has 1 fully saturated rings. The van der Waals surface area contributed by atoms with E-state index in [2.05, 4.69) is 11.8 Å². The van der Waals surface area contributed by atoms with Crippen LogP contribution in [0.15, 0.2) is 36.4 Å². The van der Waals surface area contributed by atoms with Crippen LogP contribution in [0.3, 0.4) is 0 Å². The van der Waals surface area contributed by atoms with Crippen LogP contribution in [0.25, 0.3) is 10.8 Å². The van der Waals surface area contributed by atoms with Crippen LogP contribution in [0, 0.1) is 5.92 Å². The summed E-state index contributed by atoms with van der Waals surface area (Å²) in [6, 6.07) is 11.5. The molecule has 0 bridgehead atoms. The molecule has 3 rings (SSSR count). The molecule has 0 saturated carbocycles. The van der Waals surface area contributed by atoms with Crippen molar-refractivity contribution in [2.75, 3.05) is 18.0 Å². The predicted molar refractivity (Wildman–Crippen MR) is 81.5 cm³/mol. The third kappa shape index (κ3) is 2.24. The van der Waals surface area contributed by atoms with Gasteiger partial charge in [-0.3, -0.25) is 0 Å². The quantitative estimate of drug-likeness (QED) is 0.902. The third-order valence-electron chi connectivity index (χ3n) is 4.13. The summed E-state index contributed by atoms with van der Waals surface area (Å²) >= 11 is 0. The van der Waals surface area contributed by atoms with Gasteiger partial charge in [0.05, 0.1) is 5.56 Å². The summed E-state index contributed by atoms with van der Waals surface area (Å²) in [5.41, 5.74) is 1.55. The Kier molecular flexibility index (Phi) is 3.35. The number of rotatable bonds is 2. The minimum Gasteiger partial charge on any atom is -0.478 e. The molecule has 3 nitrogen and oxygen atoms in total. The monoisotopic (exact) mass is 269 g/mol. The van der Waals surface area contributed by atoms with E-state index in [0.717, 1.165) is 29.5 Å². The number of hydrogen-bond donors (Lipinski definition) is 1. The Morgan fingerprint density at radius 2 is 1.95 bits per heavy atom. The Labute approximate surface area is 118 Å². The molecule has 0 spiro atoms. The van der Waals surface area contributed by atoms with Crippen molar-refractivity contribution in [3.05, 3.63) is 42.0 Å². The number of nitrogens with zero attached hydrogens (tertiary/aromatic N) is 1. The first kappa shape index (κ1) is 13.0. The molecule has 3 heteroatoms. The summed E-state index contributed by atoms with van der Waals surface area (Å²) in [7, 11) is 0. The lowest BCUT2D eigenvalue weighted by Gasteiger charge is -2.33. The topological polar surface area (TPSA) is 40.5 Å². The Morgan fingerprint density at radius 3 is 2.65 bits per heavy atom. The average molecular weight is 269 g/mol. The number of carboxylic acid groups (broad SMARTS) is 1. The van der Waals surface area contributed by atoms with Crippen LogP contribution >= 0.6 is 0 Å². The van der Waals surface area contributed by atoms with Crippen molar-refractivity contribution in [3.8, 4) is 0 Å². The highest BCUT2D eigenvalue weighted by Crippen LogP contribution is 2.32. The number of fused-ring (bicyclic) bond motifs is 1. The van der Waals surface area contributed by atoms with Crippen molar-refractivity contribution in [1.29, 1.82) is 0 Å². The summed E-state index contributed by atoms with van der Waals surface area (Å²) in [6.07, 6.45) is 2.48. The molecule has 0 aliphatic carbocycles. The third-order valence-corrected chi connectivity index (χ3v) is 4.13. The second-order valence-corrected chi connectivity index (χ2v) is 5.68. The van der Waals surface area contributed by atoms with Crippen LogP contribution in [0.5, 0.6) is 0 Å². The summed E-state index contributed by atoms with van der Waals surface area (Å²) in [6.45, 7) is 4.39. The molecule has 104 valence electrons. The highest BCUT2D eigenvalue weighted by atomic mass is 16.4. The zero-order valence-electron chi connectivity index (χ0n) is 11.7. The first-order valence-corrected chi connectivity index (χ1v) is 7.17. The molecule has 0 radical (unpaired) electrons. The van der Waals surface area contributed by atoms with Gasteiger partial charge in [0.15, 0.2) is 0 Å². The van der Waals surface area contributed by atoms with E-state index in [1.165, 1.54) is 12.8 Å². The van der Waals surface area contributed by atoms with E-state index in [9.17, 15) is 9.90 Å². The smallest absolute Gasteiger partial charge is 0.336 e. The Hall–Kier alpha value is -2.03. The summed E-state index contributed by atoms with van der Waals surface area (Å²) in [4.78, 5) is 13.7. The van der Waals surface area contributed by atoms with Crippen molar-refractivity contribution in [1.82, 2.24) is 0 Å². The molecular formula is C17H19NO2. The van der Waals surface area contributed by atoms with Crippen LogP contribution in [0.2, 0.25) is 0 Å². The highest BCUT2D eigenvalue weighted by Gasteiger charge is 2.19. The van der Waals surface area contributed by atoms with Crippen LogP contribution in [0.4, 0.5) is 5.69 Å². The van der Waals surface area contributed by atoms with Crippen molar-refractivity contribution in [2.24, 2.45) is 5.92 Å². The molecular weight excluding hydrogens is 250 g/mol. The predicted octanol–water partition coefficient (Wildman–Crippen LogP) is 3.77. The van der Waals surface area contributed by atoms with E-state index < -0.39 is 5.97 Å². The van der Waals surface area contributed by atoms with Gasteiger partial charge < -0.3 is 10.0 Å². The summed E-state index contributed by atoms with van der Waals surface area (Å²) in [5, 5.41) is 11.2. The van der Waals surface area contributed by atoms with Gasteiger partial charge in [0.2, 0.25) is 0 Å². The average Bonchev–Trinajstić information content (AvgIpc) is 2.46. The molecule has 1 aliphatic heterocycles. The van der Waals surface area contributed by atoms with Gasteiger partial charge in [-0.2, -0.15) is 0 Å². The second-order valence-electron chi connectivity index (χ2n) is 5.68. The van der Waals surface area contributed by atoms with Crippen LogP contribution in [-0.2, 0) is 0 Å². The molecule has 0 aromatic heterocycles. The zero-order chi connectivity index (χ0) is 14.1. The number of piperidine rings is 1. The van der Waals surface area contributed by atoms with Gasteiger partial charge in [-0.25, -0.2) is 4.79 Å². The molecule has 1 aliphatic rings. The minimum atomic E-state index is -0.861. The SMILES string of the molecule is CC1CCCN(c2ccc(C(=O)O)c3ccccc23)C1. The van der Waals surface area contributed by atoms with Crippen LogP contribution in [0.1, 0.15) is 30.1 Å². The highest BCUT2D eigenvalue weighted by molar-refractivity contribution is 6.07. The van der Waals surface area contributed by atoms with E-state index in [1.807, 2.05) is 30.3 Å². The number of carbonyl (C=O) groups is 1. The maximum atomic E-state index is 11.3. The fourth-order valence-electron chi connectivity index (χ4n) is 3.15. The first-order chi connectivity index (χ1) is 9.66. The van der Waals surface area contributed by atoms with E-state index in [-0.39, 0.29) is 0 Å². The number of carboxylic acids is 1. The standard InChI is InChI=1S/C17H19NO2/c1-12-5-4-10-18(11-12)16-9-8-15(17(19)20)13-6-2-3-7-14(13)16/h2-3,6-9,12H,4-5,10-11H2,1H3,(H,19,20). The van der Waals surface area contributed by atoms with Gasteiger partial charge in [-0.15, -0.1) is 0 Å². The van der Waals surface area contributed by atoms with Crippen LogP contribution in [-0.4, -0.2) is 24.2 Å². The fraction of sp³-hybridized carbons (Fsp3) is 0.353. The van der Waals surface area contributed by atoms with E-state index in [4.69, 9.17) is 0 Å². The molecule has 1 N–H and O–H groups in total. The van der Waals surface area contributed by atoms with Gasteiger partial charge in [-0.05, 0) is 36.3 Å². The lowest BCUT2D eigenvalue weighted by Crippen LogP contribution is -2.34. The number of hydrogen-bond acceptors (Lipinski definition) is 2. The number of aromatic carboxylic acids is 1. The Bertz CT molecular complexity index is 650. The van der Waals surface area contributed by atoms with Gasteiger partial charge in [0.1, 0.15) is 0 Å². The number of benzene rings is 2. The maximum absolute atomic E-state index is 11.3. The minimum absolute atomic E-state index is 0.384. The van der Waals surface area contributed by atoms with Crippen molar-refractivity contribution >= 4 is 22.4 Å². The largest absolute Gasteiger partial charge is 0.478 e. The Morgan fingerprint density at radius 1 is 1.20 bits per heavy atom. The molecule has 1 atom stereocenters. The first-order valence-electron chi connectivity index (χ1n) is 7.17. The van der Waals surface area contributed by atoms with Crippen molar-refractivity contribution in [3.63, 3.8) is 0 Å². The maximum Gasteiger partial charge on any atom is 0.336 e. The normalized spacial score (nSPS) is 19.2. The lowest BCUT2D eigenvalue weighted by atomic mass is 9.97. The van der Waals surface area contributed by atoms with Crippen molar-refractivity contribution in [2.45, 2.75) is 19.8 Å². The number of anilines is 1. The van der Waals surface area contributed by atoms with E-state index >= 15 is 0 Å². The van der Waals surface area contributed by atoms with Crippen LogP contribution < -0.4 is 4.90 Å². The van der Waals surface area contributed by atoms with Gasteiger partial charge >= 0.3 is 5.97 Å². The van der Waals surface area contributed by atoms with Gasteiger partial charge in [0, 0.05) is 24.2 Å². The molecule has 1 saturated heterocycles. The van der Waals surface area contributed by atoms with E-state index in [1.54, 1.807) is 6.07 Å². The molecule has 2 aromatic rings. The second kappa shape index (κ2) is 5.16. The zero-order valence-corrected chi connectivity index (χ0v) is 11.7. The van der Waals surface area contributed by atoms with E-state index in [0.29, 0.717) is 11.5 Å². The van der Waals surface area contributed by atoms with Crippen molar-refractivity contribution < 1.29 is 9.90 Å². The van der Waals surface area contributed by atoms with Gasteiger partial charge in [0.25, 0.3) is 0 Å². The fourth-order valence-corrected chi connectivity index (χ4v) is 3.15. The van der Waals surface area contributed by atoms with Gasteiger partial charge in [-0.1, -0.05) is 31.2 Å². The lowest BCUT2D eigenvalue weighted by molar-refractivity contribution is 0.0699.